The van der Waals surface area contributed by atoms with Crippen molar-refractivity contribution in [3.63, 3.8) is 0 Å². The molecule has 1 N–H and O–H groups in total. The Labute approximate surface area is 223 Å². The van der Waals surface area contributed by atoms with Crippen molar-refractivity contribution in [1.29, 1.82) is 0 Å². The van der Waals surface area contributed by atoms with Gasteiger partial charge in [-0.25, -0.2) is 0 Å². The van der Waals surface area contributed by atoms with Crippen molar-refractivity contribution in [3.8, 4) is 39.1 Å². The number of hydrogen-bond acceptors (Lipinski definition) is 2. The smallest absolute Gasteiger partial charge is 0.118 e. The van der Waals surface area contributed by atoms with Gasteiger partial charge in [0.25, 0.3) is 0 Å². The van der Waals surface area contributed by atoms with Gasteiger partial charge in [0.05, 0.1) is 11.4 Å². The standard InChI is InChI=1S/C36H27NO/c38-33-25-30(27-14-5-1-6-15-27)24-32(26-33)37(31-20-11-4-12-21-31)36-34(28-16-7-2-8-17-28)22-13-23-35(36)29-18-9-3-10-19-29/h1-26,38H. The summed E-state index contributed by atoms with van der Waals surface area (Å²) in [6.07, 6.45) is 0. The van der Waals surface area contributed by atoms with E-state index in [1.165, 1.54) is 0 Å². The van der Waals surface area contributed by atoms with E-state index in [2.05, 4.69) is 114 Å². The van der Waals surface area contributed by atoms with Crippen LogP contribution in [-0.4, -0.2) is 5.11 Å². The van der Waals surface area contributed by atoms with Crippen LogP contribution in [0.4, 0.5) is 17.1 Å². The van der Waals surface area contributed by atoms with Crippen molar-refractivity contribution in [3.05, 3.63) is 158 Å². The first-order valence-electron chi connectivity index (χ1n) is 12.8. The first-order valence-corrected chi connectivity index (χ1v) is 12.8. The number of anilines is 3. The van der Waals surface area contributed by atoms with Crippen LogP contribution in [0, 0.1) is 0 Å². The molecule has 182 valence electrons. The van der Waals surface area contributed by atoms with Crippen molar-refractivity contribution >= 4 is 17.1 Å². The lowest BCUT2D eigenvalue weighted by atomic mass is 9.94. The molecule has 0 amide bonds. The Morgan fingerprint density at radius 1 is 0.368 bits per heavy atom. The van der Waals surface area contributed by atoms with Gasteiger partial charge in [-0.3, -0.25) is 0 Å². The summed E-state index contributed by atoms with van der Waals surface area (Å²) in [6, 6.07) is 53.8. The van der Waals surface area contributed by atoms with E-state index in [0.717, 1.165) is 50.4 Å². The highest BCUT2D eigenvalue weighted by Crippen LogP contribution is 2.47. The molecule has 0 radical (unpaired) electrons. The van der Waals surface area contributed by atoms with Crippen LogP contribution in [0.3, 0.4) is 0 Å². The van der Waals surface area contributed by atoms with Crippen LogP contribution in [0.2, 0.25) is 0 Å². The Morgan fingerprint density at radius 3 is 1.37 bits per heavy atom. The second-order valence-corrected chi connectivity index (χ2v) is 9.21. The lowest BCUT2D eigenvalue weighted by Gasteiger charge is -2.31. The van der Waals surface area contributed by atoms with E-state index in [-0.39, 0.29) is 5.75 Å². The molecular formula is C36H27NO. The van der Waals surface area contributed by atoms with E-state index in [4.69, 9.17) is 0 Å². The van der Waals surface area contributed by atoms with Crippen molar-refractivity contribution in [1.82, 2.24) is 0 Å². The average molecular weight is 490 g/mol. The topological polar surface area (TPSA) is 23.5 Å². The molecular weight excluding hydrogens is 462 g/mol. The summed E-state index contributed by atoms with van der Waals surface area (Å²) in [7, 11) is 0. The third-order valence-corrected chi connectivity index (χ3v) is 6.71. The van der Waals surface area contributed by atoms with Crippen molar-refractivity contribution in [2.45, 2.75) is 0 Å². The molecule has 0 saturated heterocycles. The summed E-state index contributed by atoms with van der Waals surface area (Å²) < 4.78 is 0. The molecule has 0 spiro atoms. The highest BCUT2D eigenvalue weighted by molar-refractivity contribution is 5.98. The second kappa shape index (κ2) is 10.5. The van der Waals surface area contributed by atoms with Gasteiger partial charge in [0.2, 0.25) is 0 Å². The summed E-state index contributed by atoms with van der Waals surface area (Å²) in [4.78, 5) is 2.26. The van der Waals surface area contributed by atoms with Gasteiger partial charge in [0.15, 0.2) is 0 Å². The van der Waals surface area contributed by atoms with E-state index in [1.807, 2.05) is 48.5 Å². The van der Waals surface area contributed by atoms with E-state index in [1.54, 1.807) is 0 Å². The van der Waals surface area contributed by atoms with Crippen LogP contribution < -0.4 is 4.90 Å². The van der Waals surface area contributed by atoms with Gasteiger partial charge >= 0.3 is 0 Å². The maximum atomic E-state index is 10.9. The second-order valence-electron chi connectivity index (χ2n) is 9.21. The van der Waals surface area contributed by atoms with Gasteiger partial charge in [0.1, 0.15) is 5.75 Å². The zero-order chi connectivity index (χ0) is 25.7. The lowest BCUT2D eigenvalue weighted by Crippen LogP contribution is -2.12. The molecule has 6 aromatic carbocycles. The molecule has 0 fully saturated rings. The van der Waals surface area contributed by atoms with Crippen LogP contribution in [0.25, 0.3) is 33.4 Å². The molecule has 0 heterocycles. The van der Waals surface area contributed by atoms with Crippen molar-refractivity contribution in [2.75, 3.05) is 4.90 Å². The largest absolute Gasteiger partial charge is 0.508 e. The number of aromatic hydroxyl groups is 1. The molecule has 0 saturated carbocycles. The predicted molar refractivity (Wildman–Crippen MR) is 159 cm³/mol. The zero-order valence-electron chi connectivity index (χ0n) is 20.9. The normalized spacial score (nSPS) is 10.7. The minimum absolute atomic E-state index is 0.223. The molecule has 0 aliphatic carbocycles. The molecule has 0 aliphatic heterocycles. The fourth-order valence-corrected chi connectivity index (χ4v) is 4.99. The SMILES string of the molecule is Oc1cc(-c2ccccc2)cc(N(c2ccccc2)c2c(-c3ccccc3)cccc2-c2ccccc2)c1. The molecule has 6 aromatic rings. The summed E-state index contributed by atoms with van der Waals surface area (Å²) in [5.41, 5.74) is 9.45. The predicted octanol–water partition coefficient (Wildman–Crippen LogP) is 9.86. The highest BCUT2D eigenvalue weighted by atomic mass is 16.3. The van der Waals surface area contributed by atoms with Crippen LogP contribution >= 0.6 is 0 Å². The van der Waals surface area contributed by atoms with Crippen molar-refractivity contribution < 1.29 is 5.11 Å². The van der Waals surface area contributed by atoms with Gasteiger partial charge in [-0.05, 0) is 46.5 Å². The van der Waals surface area contributed by atoms with Gasteiger partial charge in [-0.2, -0.15) is 0 Å². The summed E-state index contributed by atoms with van der Waals surface area (Å²) in [5, 5.41) is 10.9. The van der Waals surface area contributed by atoms with Crippen molar-refractivity contribution in [2.24, 2.45) is 0 Å². The fourth-order valence-electron chi connectivity index (χ4n) is 4.99. The Morgan fingerprint density at radius 2 is 0.842 bits per heavy atom. The maximum absolute atomic E-state index is 10.9. The number of nitrogens with zero attached hydrogens (tertiary/aromatic N) is 1. The van der Waals surface area contributed by atoms with E-state index in [0.29, 0.717) is 0 Å². The fraction of sp³-hybridized carbons (Fsp3) is 0. The summed E-state index contributed by atoms with van der Waals surface area (Å²) in [5.74, 6) is 0.223. The van der Waals surface area contributed by atoms with Gasteiger partial charge in [-0.15, -0.1) is 0 Å². The Balaban J connectivity index is 1.67. The number of para-hydroxylation sites is 2. The Hall–Kier alpha value is -5.08. The molecule has 6 rings (SSSR count). The van der Waals surface area contributed by atoms with Gasteiger partial charge in [-0.1, -0.05) is 127 Å². The van der Waals surface area contributed by atoms with Crippen LogP contribution in [-0.2, 0) is 0 Å². The van der Waals surface area contributed by atoms with Crippen LogP contribution in [0.15, 0.2) is 158 Å². The number of rotatable bonds is 6. The molecule has 0 unspecified atom stereocenters. The third-order valence-electron chi connectivity index (χ3n) is 6.71. The third kappa shape index (κ3) is 4.68. The van der Waals surface area contributed by atoms with E-state index >= 15 is 0 Å². The first-order chi connectivity index (χ1) is 18.8. The molecule has 0 bridgehead atoms. The quantitative estimate of drug-likeness (QED) is 0.252. The minimum atomic E-state index is 0.223. The molecule has 38 heavy (non-hydrogen) atoms. The van der Waals surface area contributed by atoms with Gasteiger partial charge in [0, 0.05) is 22.9 Å². The van der Waals surface area contributed by atoms with Crippen LogP contribution in [0.1, 0.15) is 0 Å². The van der Waals surface area contributed by atoms with E-state index in [9.17, 15) is 5.11 Å². The molecule has 0 aromatic heterocycles. The summed E-state index contributed by atoms with van der Waals surface area (Å²) in [6.45, 7) is 0. The maximum Gasteiger partial charge on any atom is 0.118 e. The lowest BCUT2D eigenvalue weighted by molar-refractivity contribution is 0.476. The summed E-state index contributed by atoms with van der Waals surface area (Å²) >= 11 is 0. The van der Waals surface area contributed by atoms with E-state index < -0.39 is 0 Å². The molecule has 0 atom stereocenters. The number of hydrogen-bond donors (Lipinski definition) is 1. The number of benzene rings is 6. The Kier molecular flexibility index (Phi) is 6.44. The molecule has 0 aliphatic rings. The monoisotopic (exact) mass is 489 g/mol. The van der Waals surface area contributed by atoms with Crippen LogP contribution in [0.5, 0.6) is 5.75 Å². The van der Waals surface area contributed by atoms with Gasteiger partial charge < -0.3 is 10.0 Å². The average Bonchev–Trinajstić information content (AvgIpc) is 2.99. The minimum Gasteiger partial charge on any atom is -0.508 e. The zero-order valence-corrected chi connectivity index (χ0v) is 20.9. The first kappa shape index (κ1) is 23.3. The number of phenolic OH excluding ortho intramolecular Hbond substituents is 1. The highest BCUT2D eigenvalue weighted by Gasteiger charge is 2.22. The molecule has 2 heteroatoms. The Bertz CT molecular complexity index is 1590. The molecule has 2 nitrogen and oxygen atoms in total. The number of phenols is 1.